The molecular weight excluding hydrogens is 245 g/mol. The predicted octanol–water partition coefficient (Wildman–Crippen LogP) is 3.07. The van der Waals surface area contributed by atoms with Crippen LogP contribution in [0.4, 0.5) is 4.39 Å². The summed E-state index contributed by atoms with van der Waals surface area (Å²) in [5.41, 5.74) is 1.12. The molecule has 17 heavy (non-hydrogen) atoms. The molecule has 1 heterocycles. The van der Waals surface area contributed by atoms with Crippen LogP contribution in [-0.4, -0.2) is 14.8 Å². The second-order valence-corrected chi connectivity index (χ2v) is 3.97. The molecule has 1 aromatic heterocycles. The Morgan fingerprint density at radius 1 is 1.35 bits per heavy atom. The number of hydrogen-bond acceptors (Lipinski definition) is 2. The Morgan fingerprint density at radius 3 is 2.65 bits per heavy atom. The van der Waals surface area contributed by atoms with Crippen LogP contribution in [0, 0.1) is 12.7 Å². The van der Waals surface area contributed by atoms with E-state index in [4.69, 9.17) is 11.6 Å². The van der Waals surface area contributed by atoms with Crippen molar-refractivity contribution in [3.05, 3.63) is 41.2 Å². The number of aromatic hydroxyl groups is 2. The highest BCUT2D eigenvalue weighted by Crippen LogP contribution is 2.33. The summed E-state index contributed by atoms with van der Waals surface area (Å²) in [6.07, 6.45) is 0. The van der Waals surface area contributed by atoms with E-state index in [1.807, 2.05) is 0 Å². The van der Waals surface area contributed by atoms with E-state index in [1.54, 1.807) is 13.0 Å². The summed E-state index contributed by atoms with van der Waals surface area (Å²) in [5, 5.41) is 19.6. The largest absolute Gasteiger partial charge is 0.494 e. The van der Waals surface area contributed by atoms with E-state index in [1.165, 1.54) is 18.2 Å². The molecule has 0 spiro atoms. The molecule has 0 radical (unpaired) electrons. The third kappa shape index (κ3) is 1.85. The van der Waals surface area contributed by atoms with Crippen molar-refractivity contribution in [2.75, 3.05) is 0 Å². The van der Waals surface area contributed by atoms with Gasteiger partial charge in [-0.05, 0) is 19.1 Å². The molecule has 0 saturated carbocycles. The van der Waals surface area contributed by atoms with Crippen molar-refractivity contribution in [1.29, 1.82) is 0 Å². The Labute approximate surface area is 103 Å². The van der Waals surface area contributed by atoms with Crippen LogP contribution in [0.3, 0.4) is 0 Å². The minimum Gasteiger partial charge on any atom is -0.494 e. The molecule has 2 aromatic rings. The van der Waals surface area contributed by atoms with Gasteiger partial charge >= 0.3 is 0 Å². The maximum absolute atomic E-state index is 13.4. The zero-order valence-electron chi connectivity index (χ0n) is 9.11. The molecule has 1 aromatic carbocycles. The van der Waals surface area contributed by atoms with Crippen LogP contribution in [0.5, 0.6) is 11.8 Å². The molecule has 0 aliphatic carbocycles. The van der Waals surface area contributed by atoms with Gasteiger partial charge in [-0.25, -0.2) is 4.39 Å². The predicted molar refractivity (Wildman–Crippen MR) is 63.4 cm³/mol. The lowest BCUT2D eigenvalue weighted by Crippen LogP contribution is -1.98. The lowest BCUT2D eigenvalue weighted by Gasteiger charge is -2.10. The molecule has 5 heteroatoms. The van der Waals surface area contributed by atoms with Gasteiger partial charge in [-0.1, -0.05) is 6.07 Å². The highest BCUT2D eigenvalue weighted by atomic mass is 35.5. The second kappa shape index (κ2) is 4.30. The minimum atomic E-state index is -0.401. The Balaban J connectivity index is 2.68. The molecule has 2 rings (SSSR count). The van der Waals surface area contributed by atoms with Crippen molar-refractivity contribution in [1.82, 2.24) is 4.57 Å². The monoisotopic (exact) mass is 255 g/mol. The number of benzene rings is 1. The van der Waals surface area contributed by atoms with E-state index in [0.717, 1.165) is 4.57 Å². The SMILES string of the molecule is Cc1c(F)cccc1-n1c(O)cc(CCl)c1O. The third-order valence-electron chi connectivity index (χ3n) is 2.66. The Kier molecular flexibility index (Phi) is 2.98. The fourth-order valence-electron chi connectivity index (χ4n) is 1.71. The average Bonchev–Trinajstić information content (AvgIpc) is 2.58. The van der Waals surface area contributed by atoms with Crippen LogP contribution in [-0.2, 0) is 5.88 Å². The van der Waals surface area contributed by atoms with Gasteiger partial charge in [0.1, 0.15) is 5.82 Å². The highest BCUT2D eigenvalue weighted by Gasteiger charge is 2.17. The van der Waals surface area contributed by atoms with Crippen molar-refractivity contribution >= 4 is 11.6 Å². The molecule has 0 unspecified atom stereocenters. The summed E-state index contributed by atoms with van der Waals surface area (Å²) < 4.78 is 14.6. The smallest absolute Gasteiger partial charge is 0.203 e. The van der Waals surface area contributed by atoms with E-state index >= 15 is 0 Å². The summed E-state index contributed by atoms with van der Waals surface area (Å²) in [6.45, 7) is 1.57. The van der Waals surface area contributed by atoms with Gasteiger partial charge in [-0.15, -0.1) is 11.6 Å². The first kappa shape index (κ1) is 11.8. The van der Waals surface area contributed by atoms with Crippen molar-refractivity contribution in [3.8, 4) is 17.4 Å². The average molecular weight is 256 g/mol. The van der Waals surface area contributed by atoms with Crippen LogP contribution in [0.1, 0.15) is 11.1 Å². The Bertz CT molecular complexity index is 566. The first-order valence-electron chi connectivity index (χ1n) is 5.00. The van der Waals surface area contributed by atoms with Crippen molar-refractivity contribution < 1.29 is 14.6 Å². The van der Waals surface area contributed by atoms with Crippen LogP contribution >= 0.6 is 11.6 Å². The third-order valence-corrected chi connectivity index (χ3v) is 2.94. The molecule has 90 valence electrons. The Hall–Kier alpha value is -1.68. The molecule has 3 nitrogen and oxygen atoms in total. The van der Waals surface area contributed by atoms with Gasteiger partial charge in [0.15, 0.2) is 5.88 Å². The molecule has 0 saturated heterocycles. The topological polar surface area (TPSA) is 45.4 Å². The van der Waals surface area contributed by atoms with Gasteiger partial charge in [0, 0.05) is 17.2 Å². The minimum absolute atomic E-state index is 0.0702. The van der Waals surface area contributed by atoms with Crippen LogP contribution in [0.2, 0.25) is 0 Å². The number of alkyl halides is 1. The number of rotatable bonds is 2. The van der Waals surface area contributed by atoms with E-state index in [2.05, 4.69) is 0 Å². The fraction of sp³-hybridized carbons (Fsp3) is 0.167. The van der Waals surface area contributed by atoms with Gasteiger partial charge in [0.2, 0.25) is 5.88 Å². The normalized spacial score (nSPS) is 10.8. The molecule has 0 bridgehead atoms. The van der Waals surface area contributed by atoms with Crippen LogP contribution in [0.15, 0.2) is 24.3 Å². The molecule has 0 amide bonds. The summed E-state index contributed by atoms with van der Waals surface area (Å²) in [5.74, 6) is -0.679. The number of aromatic nitrogens is 1. The molecule has 0 atom stereocenters. The standard InChI is InChI=1S/C12H11ClFNO2/c1-7-9(14)3-2-4-10(7)15-11(16)5-8(6-13)12(15)17/h2-5,16-17H,6H2,1H3. The first-order chi connectivity index (χ1) is 8.06. The van der Waals surface area contributed by atoms with Gasteiger partial charge in [-0.2, -0.15) is 0 Å². The quantitative estimate of drug-likeness (QED) is 0.810. The first-order valence-corrected chi connectivity index (χ1v) is 5.53. The van der Waals surface area contributed by atoms with Crippen LogP contribution in [0.25, 0.3) is 5.69 Å². The number of nitrogens with zero attached hydrogens (tertiary/aromatic N) is 1. The highest BCUT2D eigenvalue weighted by molar-refractivity contribution is 6.17. The summed E-state index contributed by atoms with van der Waals surface area (Å²) in [6, 6.07) is 5.79. The molecule has 0 fully saturated rings. The van der Waals surface area contributed by atoms with Gasteiger partial charge < -0.3 is 10.2 Å². The molecule has 0 aliphatic rings. The summed E-state index contributed by atoms with van der Waals surface area (Å²) >= 11 is 5.62. The van der Waals surface area contributed by atoms with E-state index in [9.17, 15) is 14.6 Å². The van der Waals surface area contributed by atoms with E-state index in [-0.39, 0.29) is 17.6 Å². The summed E-state index contributed by atoms with van der Waals surface area (Å²) in [4.78, 5) is 0. The lowest BCUT2D eigenvalue weighted by atomic mass is 10.2. The zero-order chi connectivity index (χ0) is 12.6. The van der Waals surface area contributed by atoms with Crippen molar-refractivity contribution in [2.45, 2.75) is 12.8 Å². The number of hydrogen-bond donors (Lipinski definition) is 2. The lowest BCUT2D eigenvalue weighted by molar-refractivity contribution is 0.400. The Morgan fingerprint density at radius 2 is 2.06 bits per heavy atom. The van der Waals surface area contributed by atoms with Gasteiger partial charge in [0.25, 0.3) is 0 Å². The van der Waals surface area contributed by atoms with Crippen molar-refractivity contribution in [2.24, 2.45) is 0 Å². The maximum atomic E-state index is 13.4. The van der Waals surface area contributed by atoms with Gasteiger partial charge in [-0.3, -0.25) is 4.57 Å². The second-order valence-electron chi connectivity index (χ2n) is 3.70. The van der Waals surface area contributed by atoms with E-state index in [0.29, 0.717) is 16.8 Å². The van der Waals surface area contributed by atoms with Crippen molar-refractivity contribution in [3.63, 3.8) is 0 Å². The fourth-order valence-corrected chi connectivity index (χ4v) is 1.91. The maximum Gasteiger partial charge on any atom is 0.203 e. The summed E-state index contributed by atoms with van der Waals surface area (Å²) in [7, 11) is 0. The molecule has 0 aliphatic heterocycles. The van der Waals surface area contributed by atoms with Gasteiger partial charge in [0.05, 0.1) is 11.6 Å². The van der Waals surface area contributed by atoms with E-state index < -0.39 is 5.82 Å². The number of halogens is 2. The zero-order valence-corrected chi connectivity index (χ0v) is 9.87. The molecular formula is C12H11ClFNO2. The van der Waals surface area contributed by atoms with Crippen LogP contribution < -0.4 is 0 Å². The molecule has 2 N–H and O–H groups in total.